The van der Waals surface area contributed by atoms with Crippen molar-refractivity contribution in [3.05, 3.63) is 21.5 Å². The van der Waals surface area contributed by atoms with Crippen LogP contribution in [0.3, 0.4) is 0 Å². The van der Waals surface area contributed by atoms with E-state index in [-0.39, 0.29) is 0 Å². The van der Waals surface area contributed by atoms with Gasteiger partial charge in [0.2, 0.25) is 0 Å². The Morgan fingerprint density at radius 2 is 2.14 bits per heavy atom. The van der Waals surface area contributed by atoms with Crippen LogP contribution in [0.2, 0.25) is 5.28 Å². The predicted octanol–water partition coefficient (Wildman–Crippen LogP) is 2.22. The van der Waals surface area contributed by atoms with Gasteiger partial charge in [0.25, 0.3) is 0 Å². The van der Waals surface area contributed by atoms with Crippen molar-refractivity contribution in [1.82, 2.24) is 9.97 Å². The molecule has 72 valence electrons. The van der Waals surface area contributed by atoms with Crippen molar-refractivity contribution in [2.75, 3.05) is 0 Å². The molecule has 0 fully saturated rings. The summed E-state index contributed by atoms with van der Waals surface area (Å²) in [5.74, 6) is 0. The zero-order valence-electron chi connectivity index (χ0n) is 7.59. The van der Waals surface area contributed by atoms with E-state index in [0.717, 1.165) is 0 Å². The van der Waals surface area contributed by atoms with Gasteiger partial charge in [0, 0.05) is 0 Å². The molecule has 14 heavy (non-hydrogen) atoms. The summed E-state index contributed by atoms with van der Waals surface area (Å²) in [6.45, 7) is 0. The van der Waals surface area contributed by atoms with Crippen LogP contribution in [0, 0.1) is 0 Å². The second kappa shape index (κ2) is 3.34. The van der Waals surface area contributed by atoms with Crippen molar-refractivity contribution in [2.24, 2.45) is 0 Å². The Bertz CT molecular complexity index is 492. The summed E-state index contributed by atoms with van der Waals surface area (Å²) >= 11 is 6.22. The Hall–Kier alpha value is -0.371. The third-order valence-corrected chi connectivity index (χ3v) is 5.39. The number of fused-ring (bicyclic) bond motifs is 3. The molecule has 2 aromatic heterocycles. The zero-order chi connectivity index (χ0) is 9.54. The van der Waals surface area contributed by atoms with Gasteiger partial charge < -0.3 is 0 Å². The average Bonchev–Trinajstić information content (AvgIpc) is 2.54. The summed E-state index contributed by atoms with van der Waals surface area (Å²) in [4.78, 5) is 8.39. The van der Waals surface area contributed by atoms with Gasteiger partial charge in [-0.25, -0.2) is 0 Å². The van der Waals surface area contributed by atoms with Gasteiger partial charge in [0.15, 0.2) is 0 Å². The fourth-order valence-corrected chi connectivity index (χ4v) is 4.86. The number of aromatic nitrogens is 2. The summed E-state index contributed by atoms with van der Waals surface area (Å²) in [6, 6.07) is 0. The molecule has 0 aliphatic heterocycles. The second-order valence-corrected chi connectivity index (χ2v) is 6.18. The van der Waals surface area contributed by atoms with Crippen molar-refractivity contribution >= 4 is 35.9 Å². The molecule has 0 N–H and O–H groups in total. The molecule has 0 radical (unpaired) electrons. The zero-order valence-corrected chi connectivity index (χ0v) is 10.1. The Morgan fingerprint density at radius 1 is 1.29 bits per heavy atom. The van der Waals surface area contributed by atoms with Gasteiger partial charge in [-0.05, 0) is 0 Å². The van der Waals surface area contributed by atoms with Gasteiger partial charge >= 0.3 is 93.0 Å². The molecule has 0 atom stereocenters. The fourth-order valence-electron chi connectivity index (χ4n) is 2.02. The van der Waals surface area contributed by atoms with Crippen LogP contribution in [0.5, 0.6) is 0 Å². The van der Waals surface area contributed by atoms with E-state index in [2.05, 4.69) is 9.97 Å². The first-order chi connectivity index (χ1) is 6.84. The maximum atomic E-state index is 5.79. The fraction of sp³-hybridized carbons (Fsp3) is 0.400. The molecule has 2 nitrogen and oxygen atoms in total. The number of hydrogen-bond donors (Lipinski definition) is 0. The van der Waals surface area contributed by atoms with Crippen molar-refractivity contribution in [2.45, 2.75) is 25.7 Å². The summed E-state index contributed by atoms with van der Waals surface area (Å²) in [7, 11) is 0. The van der Waals surface area contributed by atoms with Gasteiger partial charge in [-0.1, -0.05) is 0 Å². The van der Waals surface area contributed by atoms with Crippen LogP contribution < -0.4 is 0 Å². The van der Waals surface area contributed by atoms with E-state index in [1.54, 1.807) is 4.44 Å². The van der Waals surface area contributed by atoms with Gasteiger partial charge in [-0.15, -0.1) is 0 Å². The number of halogens is 1. The van der Waals surface area contributed by atoms with E-state index in [4.69, 9.17) is 11.6 Å². The second-order valence-electron chi connectivity index (χ2n) is 3.57. The van der Waals surface area contributed by atoms with Gasteiger partial charge in [0.1, 0.15) is 0 Å². The molecule has 0 bridgehead atoms. The summed E-state index contributed by atoms with van der Waals surface area (Å²) in [6.07, 6.45) is 7.05. The molecule has 0 amide bonds. The van der Waals surface area contributed by atoms with Crippen molar-refractivity contribution in [3.8, 4) is 0 Å². The molecule has 0 unspecified atom stereocenters. The number of hydrogen-bond acceptors (Lipinski definition) is 2. The van der Waals surface area contributed by atoms with Crippen LogP contribution in [-0.4, -0.2) is 24.5 Å². The minimum atomic E-state index is 0.394. The summed E-state index contributed by atoms with van der Waals surface area (Å²) in [5.41, 5.74) is 1.53. The standard InChI is InChI=1S/C10H9ClN2Se/c11-10-12-5-7-6-3-1-2-4-8(6)14-9(7)13-10/h5H,1-4H2. The SMILES string of the molecule is Clc1ncc2c3c([se]c2n1)CCCC3. The minimum absolute atomic E-state index is 0.394. The van der Waals surface area contributed by atoms with E-state index in [0.29, 0.717) is 19.8 Å². The van der Waals surface area contributed by atoms with E-state index >= 15 is 0 Å². The van der Waals surface area contributed by atoms with Crippen LogP contribution in [-0.2, 0) is 12.8 Å². The first-order valence-electron chi connectivity index (χ1n) is 4.77. The molecule has 0 saturated heterocycles. The molecule has 0 spiro atoms. The van der Waals surface area contributed by atoms with Crippen molar-refractivity contribution in [3.63, 3.8) is 0 Å². The van der Waals surface area contributed by atoms with Gasteiger partial charge in [-0.2, -0.15) is 0 Å². The van der Waals surface area contributed by atoms with Crippen LogP contribution in [0.4, 0.5) is 0 Å². The normalized spacial score (nSPS) is 15.8. The summed E-state index contributed by atoms with van der Waals surface area (Å²) < 4.78 is 2.83. The van der Waals surface area contributed by atoms with E-state index in [1.807, 2.05) is 6.20 Å². The van der Waals surface area contributed by atoms with Crippen molar-refractivity contribution < 1.29 is 0 Å². The Morgan fingerprint density at radius 3 is 3.07 bits per heavy atom. The molecule has 2 aromatic rings. The molecule has 2 heterocycles. The first-order valence-corrected chi connectivity index (χ1v) is 6.86. The molecule has 3 rings (SSSR count). The molecule has 4 heteroatoms. The van der Waals surface area contributed by atoms with E-state index < -0.39 is 0 Å². The van der Waals surface area contributed by atoms with Crippen LogP contribution in [0.25, 0.3) is 9.78 Å². The third-order valence-electron chi connectivity index (χ3n) is 2.69. The molecule has 0 saturated carbocycles. The van der Waals surface area contributed by atoms with E-state index in [9.17, 15) is 0 Å². The van der Waals surface area contributed by atoms with Crippen LogP contribution in [0.1, 0.15) is 22.8 Å². The molecule has 1 aliphatic carbocycles. The monoisotopic (exact) mass is 272 g/mol. The predicted molar refractivity (Wildman–Crippen MR) is 58.1 cm³/mol. The Labute approximate surface area is 93.1 Å². The van der Waals surface area contributed by atoms with Gasteiger partial charge in [-0.3, -0.25) is 0 Å². The number of nitrogens with zero attached hydrogens (tertiary/aromatic N) is 2. The molecule has 0 aromatic carbocycles. The van der Waals surface area contributed by atoms with Crippen LogP contribution >= 0.6 is 11.6 Å². The quantitative estimate of drug-likeness (QED) is 0.542. The summed E-state index contributed by atoms with van der Waals surface area (Å²) in [5, 5.41) is 1.68. The molecular formula is C10H9ClN2Se. The molecule has 1 aliphatic rings. The Balaban J connectivity index is 2.31. The third kappa shape index (κ3) is 1.31. The maximum absolute atomic E-state index is 5.79. The van der Waals surface area contributed by atoms with Crippen LogP contribution in [0.15, 0.2) is 6.20 Å². The first kappa shape index (κ1) is 8.90. The Kier molecular flexibility index (Phi) is 2.12. The van der Waals surface area contributed by atoms with E-state index in [1.165, 1.54) is 41.0 Å². The topological polar surface area (TPSA) is 25.8 Å². The average molecular weight is 272 g/mol. The van der Waals surface area contributed by atoms with Gasteiger partial charge in [0.05, 0.1) is 0 Å². The van der Waals surface area contributed by atoms with Crippen molar-refractivity contribution in [1.29, 1.82) is 0 Å². The number of rotatable bonds is 0. The molecular weight excluding hydrogens is 263 g/mol. The number of aryl methyl sites for hydroxylation is 2.